The molecule has 0 saturated carbocycles. The number of para-hydroxylation sites is 1. The lowest BCUT2D eigenvalue weighted by atomic mass is 9.89. The zero-order chi connectivity index (χ0) is 26.9. The van der Waals surface area contributed by atoms with E-state index in [9.17, 15) is 18.0 Å². The maximum Gasteiger partial charge on any atom is 0.272 e. The molecule has 1 aliphatic rings. The molecule has 0 unspecified atom stereocenters. The van der Waals surface area contributed by atoms with E-state index in [0.717, 1.165) is 40.4 Å². The molecule has 196 valence electrons. The molecule has 3 aromatic carbocycles. The van der Waals surface area contributed by atoms with Crippen LogP contribution < -0.4 is 5.32 Å². The number of H-pyrrole nitrogens is 1. The Morgan fingerprint density at radius 3 is 2.34 bits per heavy atom. The van der Waals surface area contributed by atoms with Gasteiger partial charge in [0.2, 0.25) is 5.91 Å². The van der Waals surface area contributed by atoms with Crippen LogP contribution in [0.1, 0.15) is 45.9 Å². The molecule has 2 amide bonds. The van der Waals surface area contributed by atoms with E-state index in [1.54, 1.807) is 24.3 Å². The second-order valence-electron chi connectivity index (χ2n) is 9.88. The molecule has 1 aliphatic heterocycles. The first kappa shape index (κ1) is 25.7. The number of carbonyl (C=O) groups is 2. The van der Waals surface area contributed by atoms with Crippen LogP contribution in [0.2, 0.25) is 0 Å². The third-order valence-corrected chi connectivity index (χ3v) is 8.78. The number of nitrogens with one attached hydrogen (secondary N) is 2. The largest absolute Gasteiger partial charge is 0.337 e. The van der Waals surface area contributed by atoms with Crippen LogP contribution in [-0.2, 0) is 14.6 Å². The zero-order valence-electron chi connectivity index (χ0n) is 21.4. The van der Waals surface area contributed by atoms with Gasteiger partial charge in [0.25, 0.3) is 5.91 Å². The number of hydrogen-bond donors (Lipinski definition) is 2. The predicted octanol–water partition coefficient (Wildman–Crippen LogP) is 4.61. The Labute approximate surface area is 222 Å². The van der Waals surface area contributed by atoms with Crippen LogP contribution in [0.3, 0.4) is 0 Å². The van der Waals surface area contributed by atoms with Crippen molar-refractivity contribution >= 4 is 38.2 Å². The van der Waals surface area contributed by atoms with Gasteiger partial charge in [-0.15, -0.1) is 0 Å². The van der Waals surface area contributed by atoms with Crippen LogP contribution in [0.5, 0.6) is 0 Å². The molecule has 0 bridgehead atoms. The fraction of sp³-hybridized carbons (Fsp3) is 0.276. The Morgan fingerprint density at radius 1 is 0.974 bits per heavy atom. The number of aryl methyl sites for hydroxylation is 2. The smallest absolute Gasteiger partial charge is 0.272 e. The molecule has 4 aromatic rings. The van der Waals surface area contributed by atoms with E-state index in [2.05, 4.69) is 15.5 Å². The molecule has 5 rings (SSSR count). The average Bonchev–Trinajstić information content (AvgIpc) is 3.34. The Kier molecular flexibility index (Phi) is 7.03. The summed E-state index contributed by atoms with van der Waals surface area (Å²) in [6.07, 6.45) is 1.66. The Morgan fingerprint density at radius 2 is 1.66 bits per heavy atom. The van der Waals surface area contributed by atoms with Crippen LogP contribution >= 0.6 is 0 Å². The van der Waals surface area contributed by atoms with Crippen molar-refractivity contribution in [2.75, 3.05) is 24.2 Å². The molecule has 0 aliphatic carbocycles. The van der Waals surface area contributed by atoms with E-state index in [1.807, 2.05) is 49.1 Å². The highest BCUT2D eigenvalue weighted by Gasteiger charge is 2.27. The highest BCUT2D eigenvalue weighted by molar-refractivity contribution is 7.92. The molecule has 0 radical (unpaired) electrons. The number of likely N-dealkylation sites (tertiary alicyclic amines) is 1. The van der Waals surface area contributed by atoms with E-state index in [0.29, 0.717) is 30.4 Å². The number of carbonyl (C=O) groups excluding carboxylic acids is 2. The number of aromatic nitrogens is 2. The van der Waals surface area contributed by atoms with Crippen molar-refractivity contribution < 1.29 is 18.0 Å². The van der Waals surface area contributed by atoms with Crippen molar-refractivity contribution in [2.24, 2.45) is 0 Å². The molecule has 1 aromatic heterocycles. The van der Waals surface area contributed by atoms with E-state index in [-0.39, 0.29) is 10.8 Å². The molecule has 9 heteroatoms. The van der Waals surface area contributed by atoms with E-state index in [4.69, 9.17) is 0 Å². The number of nitrogens with zero attached hydrogens (tertiary/aromatic N) is 2. The summed E-state index contributed by atoms with van der Waals surface area (Å²) in [7, 11) is -3.72. The predicted molar refractivity (Wildman–Crippen MR) is 147 cm³/mol. The number of anilines is 1. The lowest BCUT2D eigenvalue weighted by molar-refractivity contribution is -0.113. The quantitative estimate of drug-likeness (QED) is 0.378. The lowest BCUT2D eigenvalue weighted by Crippen LogP contribution is -2.38. The number of piperidine rings is 1. The lowest BCUT2D eigenvalue weighted by Gasteiger charge is -2.32. The van der Waals surface area contributed by atoms with Gasteiger partial charge < -0.3 is 10.2 Å². The summed E-state index contributed by atoms with van der Waals surface area (Å²) in [6.45, 7) is 5.14. The minimum atomic E-state index is -3.72. The molecule has 1 saturated heterocycles. The number of benzene rings is 3. The fourth-order valence-corrected chi connectivity index (χ4v) is 6.09. The van der Waals surface area contributed by atoms with Gasteiger partial charge in [-0.05, 0) is 68.0 Å². The zero-order valence-corrected chi connectivity index (χ0v) is 22.2. The second-order valence-corrected chi connectivity index (χ2v) is 11.9. The minimum absolute atomic E-state index is 0.0322. The Hall–Kier alpha value is -3.98. The summed E-state index contributed by atoms with van der Waals surface area (Å²) in [6, 6.07) is 19.8. The molecule has 0 atom stereocenters. The van der Waals surface area contributed by atoms with E-state index < -0.39 is 21.5 Å². The van der Waals surface area contributed by atoms with Crippen LogP contribution in [0.25, 0.3) is 10.9 Å². The summed E-state index contributed by atoms with van der Waals surface area (Å²) < 4.78 is 25.1. The van der Waals surface area contributed by atoms with Gasteiger partial charge in [-0.2, -0.15) is 5.10 Å². The molecule has 2 heterocycles. The molecule has 1 fully saturated rings. The fourth-order valence-electron chi connectivity index (χ4n) is 4.96. The molecule has 38 heavy (non-hydrogen) atoms. The van der Waals surface area contributed by atoms with Gasteiger partial charge in [0.1, 0.15) is 11.4 Å². The molecular formula is C29H30N4O4S. The average molecular weight is 531 g/mol. The number of aromatic amines is 1. The van der Waals surface area contributed by atoms with Crippen LogP contribution in [0.15, 0.2) is 71.6 Å². The third kappa shape index (κ3) is 5.33. The third-order valence-electron chi connectivity index (χ3n) is 7.15. The second kappa shape index (κ2) is 10.4. The van der Waals surface area contributed by atoms with Crippen LogP contribution in [0, 0.1) is 13.8 Å². The van der Waals surface area contributed by atoms with Gasteiger partial charge in [-0.1, -0.05) is 48.0 Å². The maximum atomic E-state index is 13.2. The van der Waals surface area contributed by atoms with Crippen molar-refractivity contribution in [3.63, 3.8) is 0 Å². The standard InChI is InChI=1S/C29H30N4O4S/c1-19-6-12-24(13-7-19)38(36,37)18-26(34)30-23-10-8-21(9-11-23)22-14-16-33(17-15-22)29(35)28-25-5-3-4-20(2)27(25)31-32-28/h3-13,22H,14-18H2,1-2H3,(H,30,34)(H,31,32). The summed E-state index contributed by atoms with van der Waals surface area (Å²) >= 11 is 0. The Balaban J connectivity index is 1.16. The van der Waals surface area contributed by atoms with Gasteiger partial charge in [-0.3, -0.25) is 14.7 Å². The van der Waals surface area contributed by atoms with Crippen molar-refractivity contribution in [1.29, 1.82) is 0 Å². The number of amides is 2. The summed E-state index contributed by atoms with van der Waals surface area (Å²) in [5.41, 5.74) is 5.02. The normalized spacial score (nSPS) is 14.5. The minimum Gasteiger partial charge on any atom is -0.337 e. The Bertz CT molecular complexity index is 1580. The van der Waals surface area contributed by atoms with Crippen molar-refractivity contribution in [3.8, 4) is 0 Å². The van der Waals surface area contributed by atoms with Gasteiger partial charge in [-0.25, -0.2) is 8.42 Å². The number of fused-ring (bicyclic) bond motifs is 1. The SMILES string of the molecule is Cc1ccc(S(=O)(=O)CC(=O)Nc2ccc(C3CCN(C(=O)c4[nH]nc5c(C)cccc45)CC3)cc2)cc1. The number of hydrogen-bond acceptors (Lipinski definition) is 5. The van der Waals surface area contributed by atoms with Crippen molar-refractivity contribution in [3.05, 3.63) is 89.1 Å². The number of rotatable bonds is 6. The number of sulfone groups is 1. The highest BCUT2D eigenvalue weighted by atomic mass is 32.2. The van der Waals surface area contributed by atoms with E-state index in [1.165, 1.54) is 12.1 Å². The molecule has 0 spiro atoms. The van der Waals surface area contributed by atoms with Gasteiger partial charge in [0.15, 0.2) is 9.84 Å². The monoisotopic (exact) mass is 530 g/mol. The van der Waals surface area contributed by atoms with Crippen molar-refractivity contribution in [2.45, 2.75) is 37.5 Å². The first-order chi connectivity index (χ1) is 18.2. The summed E-state index contributed by atoms with van der Waals surface area (Å²) in [5, 5.41) is 10.8. The topological polar surface area (TPSA) is 112 Å². The van der Waals surface area contributed by atoms with E-state index >= 15 is 0 Å². The van der Waals surface area contributed by atoms with Gasteiger partial charge in [0.05, 0.1) is 10.4 Å². The summed E-state index contributed by atoms with van der Waals surface area (Å²) in [5.74, 6) is -0.927. The summed E-state index contributed by atoms with van der Waals surface area (Å²) in [4.78, 5) is 27.6. The highest BCUT2D eigenvalue weighted by Crippen LogP contribution is 2.30. The first-order valence-electron chi connectivity index (χ1n) is 12.6. The van der Waals surface area contributed by atoms with Crippen LogP contribution in [-0.4, -0.2) is 54.2 Å². The molecular weight excluding hydrogens is 500 g/mol. The first-order valence-corrected chi connectivity index (χ1v) is 14.3. The maximum absolute atomic E-state index is 13.2. The molecule has 2 N–H and O–H groups in total. The van der Waals surface area contributed by atoms with Gasteiger partial charge in [0, 0.05) is 24.2 Å². The van der Waals surface area contributed by atoms with Gasteiger partial charge >= 0.3 is 0 Å². The van der Waals surface area contributed by atoms with Crippen LogP contribution in [0.4, 0.5) is 5.69 Å². The van der Waals surface area contributed by atoms with Crippen molar-refractivity contribution in [1.82, 2.24) is 15.1 Å². The molecule has 8 nitrogen and oxygen atoms in total.